The van der Waals surface area contributed by atoms with E-state index in [-0.39, 0.29) is 5.91 Å². The van der Waals surface area contributed by atoms with Crippen molar-refractivity contribution in [3.63, 3.8) is 0 Å². The molecule has 0 aliphatic carbocycles. The van der Waals surface area contributed by atoms with Gasteiger partial charge in [-0.1, -0.05) is 40.2 Å². The summed E-state index contributed by atoms with van der Waals surface area (Å²) in [6, 6.07) is 19.5. The van der Waals surface area contributed by atoms with Crippen LogP contribution in [0.1, 0.15) is 27.0 Å². The number of halogens is 1. The van der Waals surface area contributed by atoms with E-state index in [1.54, 1.807) is 6.07 Å². The van der Waals surface area contributed by atoms with Gasteiger partial charge in [0.1, 0.15) is 0 Å². The molecule has 0 unspecified atom stereocenters. The minimum absolute atomic E-state index is 0.0488. The summed E-state index contributed by atoms with van der Waals surface area (Å²) in [7, 11) is 0. The van der Waals surface area contributed by atoms with Crippen LogP contribution in [0.3, 0.4) is 0 Å². The molecule has 0 aromatic heterocycles. The van der Waals surface area contributed by atoms with Gasteiger partial charge in [-0.25, -0.2) is 0 Å². The third-order valence-corrected chi connectivity index (χ3v) is 5.46. The highest BCUT2D eigenvalue weighted by Crippen LogP contribution is 2.28. The monoisotopic (exact) mass is 390 g/mol. The van der Waals surface area contributed by atoms with Gasteiger partial charge in [-0.2, -0.15) is 5.26 Å². The molecule has 0 saturated carbocycles. The maximum Gasteiger partial charge on any atom is 0.254 e. The summed E-state index contributed by atoms with van der Waals surface area (Å²) < 4.78 is 1.06. The van der Waals surface area contributed by atoms with Gasteiger partial charge in [-0.05, 0) is 58.7 Å². The van der Waals surface area contributed by atoms with E-state index >= 15 is 0 Å². The number of benzene rings is 3. The van der Waals surface area contributed by atoms with Crippen LogP contribution in [0, 0.1) is 11.3 Å². The lowest BCUT2D eigenvalue weighted by molar-refractivity contribution is 0.0734. The molecule has 0 atom stereocenters. The molecule has 3 aromatic carbocycles. The van der Waals surface area contributed by atoms with Crippen LogP contribution in [-0.2, 0) is 13.0 Å². The van der Waals surface area contributed by atoms with Crippen molar-refractivity contribution < 1.29 is 4.79 Å². The molecule has 4 rings (SSSR count). The highest BCUT2D eigenvalue weighted by atomic mass is 79.9. The number of fused-ring (bicyclic) bond motifs is 2. The average Bonchev–Trinajstić information content (AvgIpc) is 2.66. The van der Waals surface area contributed by atoms with Gasteiger partial charge in [0.15, 0.2) is 0 Å². The van der Waals surface area contributed by atoms with Crippen LogP contribution >= 0.6 is 15.9 Å². The van der Waals surface area contributed by atoms with E-state index in [1.807, 2.05) is 47.4 Å². The Bertz CT molecular complexity index is 1040. The number of rotatable bonds is 1. The minimum Gasteiger partial charge on any atom is -0.334 e. The Morgan fingerprint density at radius 2 is 1.88 bits per heavy atom. The highest BCUT2D eigenvalue weighted by Gasteiger charge is 2.23. The summed E-state index contributed by atoms with van der Waals surface area (Å²) in [5, 5.41) is 10.9. The topological polar surface area (TPSA) is 44.1 Å². The fourth-order valence-electron chi connectivity index (χ4n) is 3.34. The number of nitriles is 1. The molecule has 0 radical (unpaired) electrons. The van der Waals surface area contributed by atoms with Gasteiger partial charge in [0, 0.05) is 23.1 Å². The first-order chi connectivity index (χ1) is 12.2. The van der Waals surface area contributed by atoms with E-state index < -0.39 is 0 Å². The normalized spacial score (nSPS) is 13.4. The van der Waals surface area contributed by atoms with Crippen molar-refractivity contribution in [3.8, 4) is 6.07 Å². The molecule has 0 spiro atoms. The second-order valence-corrected chi connectivity index (χ2v) is 7.10. The molecule has 0 fully saturated rings. The molecular formula is C21H15BrN2O. The smallest absolute Gasteiger partial charge is 0.254 e. The van der Waals surface area contributed by atoms with Crippen molar-refractivity contribution in [1.82, 2.24) is 4.90 Å². The van der Waals surface area contributed by atoms with Crippen molar-refractivity contribution in [2.75, 3.05) is 6.54 Å². The lowest BCUT2D eigenvalue weighted by Gasteiger charge is -2.29. The summed E-state index contributed by atoms with van der Waals surface area (Å²) in [6.07, 6.45) is 0.875. The Labute approximate surface area is 154 Å². The third kappa shape index (κ3) is 2.92. The standard InChI is InChI=1S/C21H15BrN2O/c22-20-3-1-2-15-8-9-24(13-19(15)20)21(25)18-7-6-16-10-14(12-23)4-5-17(16)11-18/h1-7,10-11H,8-9,13H2. The van der Waals surface area contributed by atoms with Crippen LogP contribution in [0.25, 0.3) is 10.8 Å². The lowest BCUT2D eigenvalue weighted by Crippen LogP contribution is -2.36. The fourth-order valence-corrected chi connectivity index (χ4v) is 3.88. The molecular weight excluding hydrogens is 376 g/mol. The first-order valence-corrected chi connectivity index (χ1v) is 8.94. The zero-order valence-corrected chi connectivity index (χ0v) is 15.1. The molecule has 1 amide bonds. The largest absolute Gasteiger partial charge is 0.334 e. The minimum atomic E-state index is 0.0488. The second kappa shape index (κ2) is 6.34. The van der Waals surface area contributed by atoms with Crippen molar-refractivity contribution in [1.29, 1.82) is 5.26 Å². The van der Waals surface area contributed by atoms with Gasteiger partial charge >= 0.3 is 0 Å². The molecule has 0 saturated heterocycles. The summed E-state index contributed by atoms with van der Waals surface area (Å²) in [5.41, 5.74) is 3.82. The van der Waals surface area contributed by atoms with Gasteiger partial charge in [-0.3, -0.25) is 4.79 Å². The van der Waals surface area contributed by atoms with Crippen LogP contribution in [0.5, 0.6) is 0 Å². The predicted octanol–water partition coefficient (Wildman–Crippen LogP) is 4.67. The summed E-state index contributed by atoms with van der Waals surface area (Å²) >= 11 is 3.60. The maximum atomic E-state index is 12.9. The van der Waals surface area contributed by atoms with Crippen molar-refractivity contribution in [3.05, 3.63) is 81.3 Å². The van der Waals surface area contributed by atoms with Crippen molar-refractivity contribution in [2.24, 2.45) is 0 Å². The number of hydrogen-bond donors (Lipinski definition) is 0. The predicted molar refractivity (Wildman–Crippen MR) is 101 cm³/mol. The van der Waals surface area contributed by atoms with Gasteiger partial charge < -0.3 is 4.90 Å². The molecule has 0 bridgehead atoms. The van der Waals surface area contributed by atoms with E-state index in [1.165, 1.54) is 11.1 Å². The summed E-state index contributed by atoms with van der Waals surface area (Å²) in [6.45, 7) is 1.36. The van der Waals surface area contributed by atoms with Crippen molar-refractivity contribution in [2.45, 2.75) is 13.0 Å². The van der Waals surface area contributed by atoms with Gasteiger partial charge in [0.2, 0.25) is 0 Å². The first kappa shape index (κ1) is 15.9. The van der Waals surface area contributed by atoms with Gasteiger partial charge in [0.05, 0.1) is 11.6 Å². The van der Waals surface area contributed by atoms with E-state index in [2.05, 4.69) is 28.1 Å². The Balaban J connectivity index is 1.64. The van der Waals surface area contributed by atoms with E-state index in [9.17, 15) is 4.79 Å². The van der Waals surface area contributed by atoms with Gasteiger partial charge in [0.25, 0.3) is 5.91 Å². The van der Waals surface area contributed by atoms with E-state index in [0.29, 0.717) is 17.7 Å². The molecule has 1 heterocycles. The summed E-state index contributed by atoms with van der Waals surface area (Å²) in [4.78, 5) is 14.8. The van der Waals surface area contributed by atoms with E-state index in [0.717, 1.165) is 28.2 Å². The molecule has 1 aliphatic heterocycles. The quantitative estimate of drug-likeness (QED) is 0.605. The van der Waals surface area contributed by atoms with Crippen LogP contribution in [-0.4, -0.2) is 17.4 Å². The molecule has 122 valence electrons. The van der Waals surface area contributed by atoms with Gasteiger partial charge in [-0.15, -0.1) is 0 Å². The van der Waals surface area contributed by atoms with Crippen molar-refractivity contribution >= 4 is 32.6 Å². The first-order valence-electron chi connectivity index (χ1n) is 8.15. The molecule has 0 N–H and O–H groups in total. The molecule has 25 heavy (non-hydrogen) atoms. The molecule has 3 nitrogen and oxygen atoms in total. The lowest BCUT2D eigenvalue weighted by atomic mass is 9.98. The molecule has 4 heteroatoms. The second-order valence-electron chi connectivity index (χ2n) is 6.24. The van der Waals surface area contributed by atoms with Crippen LogP contribution < -0.4 is 0 Å². The number of nitrogens with zero attached hydrogens (tertiary/aromatic N) is 2. The Hall–Kier alpha value is -2.64. The number of carbonyl (C=O) groups excluding carboxylic acids is 1. The highest BCUT2D eigenvalue weighted by molar-refractivity contribution is 9.10. The van der Waals surface area contributed by atoms with Crippen LogP contribution in [0.15, 0.2) is 59.1 Å². The fraction of sp³-hybridized carbons (Fsp3) is 0.143. The third-order valence-electron chi connectivity index (χ3n) is 4.72. The Kier molecular flexibility index (Phi) is 4.03. The SMILES string of the molecule is N#Cc1ccc2cc(C(=O)N3CCc4cccc(Br)c4C3)ccc2c1. The zero-order valence-electron chi connectivity index (χ0n) is 13.5. The Morgan fingerprint density at radius 1 is 1.08 bits per heavy atom. The van der Waals surface area contributed by atoms with Crippen LogP contribution in [0.4, 0.5) is 0 Å². The molecule has 1 aliphatic rings. The Morgan fingerprint density at radius 3 is 2.72 bits per heavy atom. The summed E-state index contributed by atoms with van der Waals surface area (Å²) in [5.74, 6) is 0.0488. The zero-order chi connectivity index (χ0) is 17.4. The van der Waals surface area contributed by atoms with Crippen LogP contribution in [0.2, 0.25) is 0 Å². The number of carbonyl (C=O) groups is 1. The maximum absolute atomic E-state index is 12.9. The number of hydrogen-bond acceptors (Lipinski definition) is 2. The number of amides is 1. The molecule has 3 aromatic rings. The average molecular weight is 391 g/mol. The van der Waals surface area contributed by atoms with E-state index in [4.69, 9.17) is 5.26 Å².